The molecule has 0 radical (unpaired) electrons. The predicted octanol–water partition coefficient (Wildman–Crippen LogP) is 5.77. The Morgan fingerprint density at radius 1 is 1.14 bits per heavy atom. The molecule has 3 aromatic rings. The number of aromatic amines is 1. The summed E-state index contributed by atoms with van der Waals surface area (Å²) in [6.07, 6.45) is 3.43. The average Bonchev–Trinajstić information content (AvgIpc) is 3.25. The van der Waals surface area contributed by atoms with Crippen LogP contribution in [0.3, 0.4) is 0 Å². The van der Waals surface area contributed by atoms with Gasteiger partial charge in [0.15, 0.2) is 5.88 Å². The third-order valence-electron chi connectivity index (χ3n) is 7.59. The molecule has 0 amide bonds. The quantitative estimate of drug-likeness (QED) is 0.449. The summed E-state index contributed by atoms with van der Waals surface area (Å²) >= 11 is 6.61. The van der Waals surface area contributed by atoms with Gasteiger partial charge in [-0.05, 0) is 63.6 Å². The normalized spacial score (nSPS) is 21.3. The fraction of sp³-hybridized carbons (Fsp3) is 0.481. The number of rotatable bonds is 6. The third-order valence-corrected chi connectivity index (χ3v) is 7.88. The Bertz CT molecular complexity index is 1190. The molecule has 1 aromatic carbocycles. The predicted molar refractivity (Wildman–Crippen MR) is 137 cm³/mol. The van der Waals surface area contributed by atoms with Crippen LogP contribution < -0.4 is 9.64 Å². The van der Waals surface area contributed by atoms with E-state index in [2.05, 4.69) is 34.1 Å². The van der Waals surface area contributed by atoms with E-state index in [0.717, 1.165) is 74.3 Å². The minimum atomic E-state index is -0.730. The van der Waals surface area contributed by atoms with Gasteiger partial charge in [-0.1, -0.05) is 23.7 Å². The minimum absolute atomic E-state index is 0.0616. The van der Waals surface area contributed by atoms with Crippen LogP contribution >= 0.6 is 11.6 Å². The van der Waals surface area contributed by atoms with Crippen molar-refractivity contribution in [3.05, 3.63) is 41.4 Å². The van der Waals surface area contributed by atoms with Gasteiger partial charge in [0.05, 0.1) is 40.4 Å². The Hall–Kier alpha value is -2.77. The van der Waals surface area contributed by atoms with Crippen molar-refractivity contribution in [3.8, 4) is 17.1 Å². The van der Waals surface area contributed by atoms with Gasteiger partial charge in [-0.25, -0.2) is 4.98 Å². The highest BCUT2D eigenvalue weighted by atomic mass is 35.5. The number of carbonyl (C=O) groups is 1. The first-order valence-electron chi connectivity index (χ1n) is 12.3. The highest BCUT2D eigenvalue weighted by Crippen LogP contribution is 2.40. The van der Waals surface area contributed by atoms with E-state index in [1.54, 1.807) is 0 Å². The van der Waals surface area contributed by atoms with Crippen LogP contribution in [0.5, 0.6) is 5.88 Å². The molecule has 3 heterocycles. The summed E-state index contributed by atoms with van der Waals surface area (Å²) in [5, 5.41) is 10.1. The van der Waals surface area contributed by atoms with Gasteiger partial charge < -0.3 is 24.5 Å². The fourth-order valence-electron chi connectivity index (χ4n) is 5.18. The minimum Gasteiger partial charge on any atom is -0.481 e. The van der Waals surface area contributed by atoms with E-state index in [4.69, 9.17) is 26.1 Å². The van der Waals surface area contributed by atoms with Crippen LogP contribution in [0.15, 0.2) is 36.4 Å². The molecular weight excluding hydrogens is 466 g/mol. The second-order valence-corrected chi connectivity index (χ2v) is 10.6. The second kappa shape index (κ2) is 9.70. The molecule has 1 saturated heterocycles. The van der Waals surface area contributed by atoms with Crippen LogP contribution in [-0.4, -0.2) is 53.5 Å². The summed E-state index contributed by atoms with van der Waals surface area (Å²) in [7, 11) is 0. The van der Waals surface area contributed by atoms with Crippen molar-refractivity contribution >= 4 is 34.3 Å². The van der Waals surface area contributed by atoms with Crippen molar-refractivity contribution in [2.45, 2.75) is 45.6 Å². The first-order valence-corrected chi connectivity index (χ1v) is 12.7. The number of carboxylic acid groups (broad SMARTS) is 1. The zero-order chi connectivity index (χ0) is 24.6. The van der Waals surface area contributed by atoms with E-state index < -0.39 is 11.4 Å². The molecule has 186 valence electrons. The number of fused-ring (bicyclic) bond motifs is 1. The van der Waals surface area contributed by atoms with Crippen LogP contribution in [0, 0.1) is 11.3 Å². The van der Waals surface area contributed by atoms with Gasteiger partial charge in [-0.15, -0.1) is 0 Å². The number of H-pyrrole nitrogens is 1. The highest BCUT2D eigenvalue weighted by Gasteiger charge is 2.39. The van der Waals surface area contributed by atoms with Crippen molar-refractivity contribution in [2.75, 3.05) is 31.2 Å². The maximum Gasteiger partial charge on any atom is 0.309 e. The third kappa shape index (κ3) is 4.98. The number of hydrogen-bond acceptors (Lipinski definition) is 5. The molecule has 0 bridgehead atoms. The Labute approximate surface area is 210 Å². The van der Waals surface area contributed by atoms with Crippen LogP contribution in [0.2, 0.25) is 5.02 Å². The van der Waals surface area contributed by atoms with Crippen LogP contribution in [0.4, 0.5) is 5.69 Å². The zero-order valence-electron chi connectivity index (χ0n) is 20.2. The van der Waals surface area contributed by atoms with E-state index in [1.165, 1.54) is 5.69 Å². The monoisotopic (exact) mass is 497 g/mol. The summed E-state index contributed by atoms with van der Waals surface area (Å²) in [4.78, 5) is 22.0. The Morgan fingerprint density at radius 2 is 1.83 bits per heavy atom. The van der Waals surface area contributed by atoms with E-state index in [-0.39, 0.29) is 12.0 Å². The summed E-state index contributed by atoms with van der Waals surface area (Å²) in [6, 6.07) is 12.2. The molecule has 8 heteroatoms. The number of ether oxygens (including phenoxy) is 2. The summed E-state index contributed by atoms with van der Waals surface area (Å²) in [5.74, 6) is 0.108. The molecule has 35 heavy (non-hydrogen) atoms. The lowest BCUT2D eigenvalue weighted by Gasteiger charge is -2.36. The van der Waals surface area contributed by atoms with Gasteiger partial charge in [0.2, 0.25) is 0 Å². The van der Waals surface area contributed by atoms with Gasteiger partial charge in [-0.3, -0.25) is 4.79 Å². The Morgan fingerprint density at radius 3 is 2.49 bits per heavy atom. The molecule has 0 unspecified atom stereocenters. The number of aromatic nitrogens is 2. The first-order chi connectivity index (χ1) is 16.8. The van der Waals surface area contributed by atoms with Crippen molar-refractivity contribution in [3.63, 3.8) is 0 Å². The molecule has 2 aliphatic rings. The molecule has 1 saturated carbocycles. The maximum absolute atomic E-state index is 11.6. The number of nitrogens with one attached hydrogen (secondary N) is 1. The first kappa shape index (κ1) is 23.9. The van der Waals surface area contributed by atoms with E-state index in [0.29, 0.717) is 10.9 Å². The number of pyridine rings is 1. The summed E-state index contributed by atoms with van der Waals surface area (Å²) in [5.41, 5.74) is 3.82. The van der Waals surface area contributed by atoms with E-state index >= 15 is 0 Å². The van der Waals surface area contributed by atoms with Gasteiger partial charge in [-0.2, -0.15) is 0 Å². The number of morpholine rings is 1. The maximum atomic E-state index is 11.6. The van der Waals surface area contributed by atoms with Crippen LogP contribution in [0.25, 0.3) is 22.3 Å². The van der Waals surface area contributed by atoms with Crippen molar-refractivity contribution in [1.82, 2.24) is 9.97 Å². The molecule has 2 N–H and O–H groups in total. The van der Waals surface area contributed by atoms with Gasteiger partial charge in [0, 0.05) is 30.4 Å². The SMILES string of the molecule is CC(C)(C(=O)O)[C@H]1CC[C@H](Oc2cc3nc(-c4ccc(N5CCOCC5)cc4)c(Cl)cc3[nH]2)CC1. The molecule has 0 atom stereocenters. The molecule has 7 nitrogen and oxygen atoms in total. The zero-order valence-corrected chi connectivity index (χ0v) is 21.0. The molecule has 0 spiro atoms. The largest absolute Gasteiger partial charge is 0.481 e. The standard InChI is InChI=1S/C27H32ClN3O4/c1-27(2,26(32)33)18-5-9-20(10-6-18)35-24-16-23-22(29-24)15-21(28)25(30-23)17-3-7-19(8-4-17)31-11-13-34-14-12-31/h3-4,7-8,15-16,18,20,29H,5-6,9-14H2,1-2H3,(H,32,33)/t18-,20-. The van der Waals surface area contributed by atoms with E-state index in [1.807, 2.05) is 26.0 Å². The summed E-state index contributed by atoms with van der Waals surface area (Å²) < 4.78 is 11.7. The topological polar surface area (TPSA) is 87.7 Å². The van der Waals surface area contributed by atoms with Crippen molar-refractivity contribution < 1.29 is 19.4 Å². The lowest BCUT2D eigenvalue weighted by molar-refractivity contribution is -0.151. The number of hydrogen-bond donors (Lipinski definition) is 2. The Balaban J connectivity index is 1.28. The van der Waals surface area contributed by atoms with E-state index in [9.17, 15) is 9.90 Å². The Kier molecular flexibility index (Phi) is 6.64. The second-order valence-electron chi connectivity index (χ2n) is 10.1. The van der Waals surface area contributed by atoms with Crippen LogP contribution in [-0.2, 0) is 9.53 Å². The molecule has 2 fully saturated rings. The average molecular weight is 498 g/mol. The smallest absolute Gasteiger partial charge is 0.309 e. The van der Waals surface area contributed by atoms with Gasteiger partial charge in [0.25, 0.3) is 0 Å². The van der Waals surface area contributed by atoms with Crippen molar-refractivity contribution in [1.29, 1.82) is 0 Å². The molecule has 1 aliphatic heterocycles. The fourth-order valence-corrected chi connectivity index (χ4v) is 5.44. The van der Waals surface area contributed by atoms with Crippen molar-refractivity contribution in [2.24, 2.45) is 11.3 Å². The number of halogens is 1. The number of nitrogens with zero attached hydrogens (tertiary/aromatic N) is 2. The lowest BCUT2D eigenvalue weighted by Crippen LogP contribution is -2.37. The molecular formula is C27H32ClN3O4. The van der Waals surface area contributed by atoms with Crippen LogP contribution in [0.1, 0.15) is 39.5 Å². The molecule has 5 rings (SSSR count). The number of aliphatic carboxylic acids is 1. The molecule has 2 aromatic heterocycles. The number of anilines is 1. The summed E-state index contributed by atoms with van der Waals surface area (Å²) in [6.45, 7) is 6.95. The highest BCUT2D eigenvalue weighted by molar-refractivity contribution is 6.33. The van der Waals surface area contributed by atoms with Gasteiger partial charge >= 0.3 is 5.97 Å². The van der Waals surface area contributed by atoms with Gasteiger partial charge in [0.1, 0.15) is 6.10 Å². The number of carboxylic acids is 1. The number of benzene rings is 1. The molecule has 1 aliphatic carbocycles. The lowest BCUT2D eigenvalue weighted by atomic mass is 9.70.